The van der Waals surface area contributed by atoms with Crippen LogP contribution < -0.4 is 5.32 Å². The van der Waals surface area contributed by atoms with Crippen LogP contribution >= 0.6 is 0 Å². The number of aromatic nitrogens is 3. The van der Waals surface area contributed by atoms with E-state index in [1.165, 1.54) is 6.33 Å². The molecule has 1 amide bonds. The molecule has 2 N–H and O–H groups in total. The molecule has 0 bridgehead atoms. The number of hydrogen-bond acceptors (Lipinski definition) is 4. The highest BCUT2D eigenvalue weighted by atomic mass is 16.4. The second kappa shape index (κ2) is 6.43. The maximum absolute atomic E-state index is 12.6. The van der Waals surface area contributed by atoms with Gasteiger partial charge < -0.3 is 10.4 Å². The fraction of sp³-hybridized carbons (Fsp3) is 0.412. The number of aryl methyl sites for hydroxylation is 1. The van der Waals surface area contributed by atoms with Crippen molar-refractivity contribution in [1.29, 1.82) is 0 Å². The molecule has 1 aliphatic carbocycles. The first-order valence-electron chi connectivity index (χ1n) is 8.03. The molecule has 0 atom stereocenters. The summed E-state index contributed by atoms with van der Waals surface area (Å²) in [5, 5.41) is 16.4. The summed E-state index contributed by atoms with van der Waals surface area (Å²) in [5.41, 5.74) is 0.992. The Morgan fingerprint density at radius 1 is 1.25 bits per heavy atom. The Labute approximate surface area is 139 Å². The maximum Gasteiger partial charge on any atom is 0.329 e. The van der Waals surface area contributed by atoms with E-state index in [0.29, 0.717) is 18.4 Å². The summed E-state index contributed by atoms with van der Waals surface area (Å²) in [6.07, 6.45) is 6.63. The molecule has 1 aromatic carbocycles. The van der Waals surface area contributed by atoms with Crippen LogP contribution in [0, 0.1) is 6.92 Å². The van der Waals surface area contributed by atoms with Crippen LogP contribution in [0.1, 0.15) is 48.0 Å². The normalized spacial score (nSPS) is 16.5. The largest absolute Gasteiger partial charge is 0.480 e. The zero-order valence-electron chi connectivity index (χ0n) is 13.5. The number of nitrogens with one attached hydrogen (secondary N) is 1. The summed E-state index contributed by atoms with van der Waals surface area (Å²) in [6, 6.07) is 5.20. The van der Waals surface area contributed by atoms with Crippen molar-refractivity contribution in [2.75, 3.05) is 0 Å². The van der Waals surface area contributed by atoms with Gasteiger partial charge in [0.2, 0.25) is 0 Å². The van der Waals surface area contributed by atoms with Crippen LogP contribution in [0.3, 0.4) is 0 Å². The molecule has 126 valence electrons. The summed E-state index contributed by atoms with van der Waals surface area (Å²) < 4.78 is 1.62. The zero-order valence-corrected chi connectivity index (χ0v) is 13.5. The van der Waals surface area contributed by atoms with Crippen molar-refractivity contribution in [3.05, 3.63) is 42.0 Å². The molecule has 7 heteroatoms. The molecule has 0 saturated heterocycles. The van der Waals surface area contributed by atoms with Crippen LogP contribution in [0.4, 0.5) is 0 Å². The van der Waals surface area contributed by atoms with E-state index in [1.807, 2.05) is 6.92 Å². The second-order valence-corrected chi connectivity index (χ2v) is 6.24. The number of carboxylic acid groups (broad SMARTS) is 1. The van der Waals surface area contributed by atoms with E-state index >= 15 is 0 Å². The van der Waals surface area contributed by atoms with Gasteiger partial charge in [0.15, 0.2) is 0 Å². The minimum absolute atomic E-state index is 0.354. The molecule has 0 aliphatic heterocycles. The van der Waals surface area contributed by atoms with Crippen molar-refractivity contribution in [2.24, 2.45) is 0 Å². The third-order valence-electron chi connectivity index (χ3n) is 4.59. The highest BCUT2D eigenvalue weighted by molar-refractivity contribution is 5.98. The quantitative estimate of drug-likeness (QED) is 0.896. The standard InChI is InChI=1S/C17H20N4O3/c1-12-9-13(5-6-14(12)21-11-18-10-19-21)15(22)20-17(16(23)24)7-3-2-4-8-17/h5-6,9-11H,2-4,7-8H2,1H3,(H,20,22)(H,23,24). The minimum atomic E-state index is -1.15. The molecule has 1 aliphatic rings. The van der Waals surface area contributed by atoms with Gasteiger partial charge in [-0.2, -0.15) is 5.10 Å². The molecule has 0 radical (unpaired) electrons. The predicted molar refractivity (Wildman–Crippen MR) is 87.0 cm³/mol. The number of carbonyl (C=O) groups excluding carboxylic acids is 1. The Morgan fingerprint density at radius 3 is 2.58 bits per heavy atom. The Kier molecular flexibility index (Phi) is 4.33. The number of carbonyl (C=O) groups is 2. The lowest BCUT2D eigenvalue weighted by Gasteiger charge is -2.34. The smallest absolute Gasteiger partial charge is 0.329 e. The van der Waals surface area contributed by atoms with Crippen LogP contribution in [0.2, 0.25) is 0 Å². The SMILES string of the molecule is Cc1cc(C(=O)NC2(C(=O)O)CCCCC2)ccc1-n1cncn1. The summed E-state index contributed by atoms with van der Waals surface area (Å²) in [7, 11) is 0. The third-order valence-corrected chi connectivity index (χ3v) is 4.59. The molecule has 1 aromatic heterocycles. The van der Waals surface area contributed by atoms with Gasteiger partial charge in [-0.05, 0) is 43.5 Å². The highest BCUT2D eigenvalue weighted by Gasteiger charge is 2.41. The van der Waals surface area contributed by atoms with E-state index in [1.54, 1.807) is 29.2 Å². The van der Waals surface area contributed by atoms with Crippen LogP contribution in [0.15, 0.2) is 30.9 Å². The van der Waals surface area contributed by atoms with Crippen molar-refractivity contribution in [1.82, 2.24) is 20.1 Å². The van der Waals surface area contributed by atoms with Gasteiger partial charge in [0, 0.05) is 5.56 Å². The van der Waals surface area contributed by atoms with Gasteiger partial charge in [-0.15, -0.1) is 0 Å². The molecule has 0 spiro atoms. The molecule has 0 unspecified atom stereocenters. The summed E-state index contributed by atoms with van der Waals surface area (Å²) in [6.45, 7) is 1.88. The first-order chi connectivity index (χ1) is 11.5. The van der Waals surface area contributed by atoms with E-state index in [2.05, 4.69) is 15.4 Å². The molecule has 2 aromatic rings. The Bertz CT molecular complexity index is 749. The van der Waals surface area contributed by atoms with E-state index in [0.717, 1.165) is 30.5 Å². The molecule has 7 nitrogen and oxygen atoms in total. The van der Waals surface area contributed by atoms with Crippen LogP contribution in [-0.4, -0.2) is 37.3 Å². The molecule has 24 heavy (non-hydrogen) atoms. The fourth-order valence-corrected chi connectivity index (χ4v) is 3.22. The van der Waals surface area contributed by atoms with Crippen LogP contribution in [0.5, 0.6) is 0 Å². The van der Waals surface area contributed by atoms with E-state index in [4.69, 9.17) is 0 Å². The van der Waals surface area contributed by atoms with Gasteiger partial charge in [0.05, 0.1) is 5.69 Å². The van der Waals surface area contributed by atoms with Crippen LogP contribution in [0.25, 0.3) is 5.69 Å². The predicted octanol–water partition coefficient (Wildman–Crippen LogP) is 2.09. The van der Waals surface area contributed by atoms with Crippen molar-refractivity contribution >= 4 is 11.9 Å². The first-order valence-corrected chi connectivity index (χ1v) is 8.03. The summed E-state index contributed by atoms with van der Waals surface area (Å²) in [5.74, 6) is -1.31. The lowest BCUT2D eigenvalue weighted by atomic mass is 9.81. The fourth-order valence-electron chi connectivity index (χ4n) is 3.22. The number of aliphatic carboxylic acids is 1. The number of hydrogen-bond donors (Lipinski definition) is 2. The van der Waals surface area contributed by atoms with Gasteiger partial charge in [-0.3, -0.25) is 4.79 Å². The first kappa shape index (κ1) is 16.2. The maximum atomic E-state index is 12.6. The highest BCUT2D eigenvalue weighted by Crippen LogP contribution is 2.29. The summed E-state index contributed by atoms with van der Waals surface area (Å²) >= 11 is 0. The average molecular weight is 328 g/mol. The molecule has 3 rings (SSSR count). The zero-order chi connectivity index (χ0) is 17.2. The lowest BCUT2D eigenvalue weighted by molar-refractivity contribution is -0.145. The Balaban J connectivity index is 1.82. The molecule has 1 saturated carbocycles. The Morgan fingerprint density at radius 2 is 2.00 bits per heavy atom. The van der Waals surface area contributed by atoms with Crippen molar-refractivity contribution in [3.8, 4) is 5.69 Å². The molecule has 1 fully saturated rings. The monoisotopic (exact) mass is 328 g/mol. The molecule has 1 heterocycles. The summed E-state index contributed by atoms with van der Waals surface area (Å²) in [4.78, 5) is 28.2. The minimum Gasteiger partial charge on any atom is -0.480 e. The second-order valence-electron chi connectivity index (χ2n) is 6.24. The van der Waals surface area contributed by atoms with E-state index in [-0.39, 0.29) is 5.91 Å². The van der Waals surface area contributed by atoms with Crippen molar-refractivity contribution in [3.63, 3.8) is 0 Å². The van der Waals surface area contributed by atoms with Gasteiger partial charge in [0.25, 0.3) is 5.91 Å². The van der Waals surface area contributed by atoms with E-state index < -0.39 is 11.5 Å². The Hall–Kier alpha value is -2.70. The molecular weight excluding hydrogens is 308 g/mol. The third kappa shape index (κ3) is 3.02. The van der Waals surface area contributed by atoms with Gasteiger partial charge in [0.1, 0.15) is 18.2 Å². The van der Waals surface area contributed by atoms with Crippen molar-refractivity contribution < 1.29 is 14.7 Å². The average Bonchev–Trinajstić information content (AvgIpc) is 3.09. The number of benzene rings is 1. The van der Waals surface area contributed by atoms with Crippen LogP contribution in [-0.2, 0) is 4.79 Å². The topological polar surface area (TPSA) is 97.1 Å². The van der Waals surface area contributed by atoms with Gasteiger partial charge in [-0.1, -0.05) is 19.3 Å². The lowest BCUT2D eigenvalue weighted by Crippen LogP contribution is -2.55. The van der Waals surface area contributed by atoms with Gasteiger partial charge >= 0.3 is 5.97 Å². The number of nitrogens with zero attached hydrogens (tertiary/aromatic N) is 3. The number of amides is 1. The van der Waals surface area contributed by atoms with Crippen molar-refractivity contribution in [2.45, 2.75) is 44.6 Å². The number of carboxylic acids is 1. The van der Waals surface area contributed by atoms with E-state index in [9.17, 15) is 14.7 Å². The van der Waals surface area contributed by atoms with Gasteiger partial charge in [-0.25, -0.2) is 14.5 Å². The number of rotatable bonds is 4. The molecular formula is C17H20N4O3.